The van der Waals surface area contributed by atoms with Crippen molar-refractivity contribution in [3.63, 3.8) is 0 Å². The van der Waals surface area contributed by atoms with E-state index in [1.807, 2.05) is 0 Å². The summed E-state index contributed by atoms with van der Waals surface area (Å²) in [4.78, 5) is 2.61. The number of hydrogen-bond donors (Lipinski definition) is 1. The van der Waals surface area contributed by atoms with Crippen molar-refractivity contribution in [1.29, 1.82) is 0 Å². The average molecular weight is 246 g/mol. The number of para-hydroxylation sites is 1. The van der Waals surface area contributed by atoms with Crippen LogP contribution in [0.3, 0.4) is 0 Å². The summed E-state index contributed by atoms with van der Waals surface area (Å²) in [6.45, 7) is 8.90. The number of nitrogens with zero attached hydrogens (tertiary/aromatic N) is 1. The minimum Gasteiger partial charge on any atom is -0.368 e. The molecular formula is C16H26N2. The van der Waals surface area contributed by atoms with Crippen molar-refractivity contribution < 1.29 is 0 Å². The Hall–Kier alpha value is -1.02. The van der Waals surface area contributed by atoms with Crippen molar-refractivity contribution in [2.75, 3.05) is 18.0 Å². The van der Waals surface area contributed by atoms with E-state index in [-0.39, 0.29) is 0 Å². The fourth-order valence-electron chi connectivity index (χ4n) is 2.66. The van der Waals surface area contributed by atoms with Gasteiger partial charge >= 0.3 is 0 Å². The molecule has 2 nitrogen and oxygen atoms in total. The molecule has 0 heterocycles. The molecule has 0 saturated heterocycles. The van der Waals surface area contributed by atoms with E-state index in [1.54, 1.807) is 0 Å². The molecule has 1 saturated carbocycles. The van der Waals surface area contributed by atoms with Gasteiger partial charge in [-0.05, 0) is 44.4 Å². The first-order valence-electron chi connectivity index (χ1n) is 7.36. The van der Waals surface area contributed by atoms with E-state index in [0.717, 1.165) is 12.6 Å². The van der Waals surface area contributed by atoms with Gasteiger partial charge in [-0.25, -0.2) is 0 Å². The van der Waals surface area contributed by atoms with E-state index in [4.69, 9.17) is 0 Å². The summed E-state index contributed by atoms with van der Waals surface area (Å²) in [5, 5.41) is 3.53. The first-order chi connectivity index (χ1) is 8.77. The fourth-order valence-corrected chi connectivity index (χ4v) is 2.66. The third kappa shape index (κ3) is 3.05. The highest BCUT2D eigenvalue weighted by Crippen LogP contribution is 2.35. The maximum absolute atomic E-state index is 3.53. The van der Waals surface area contributed by atoms with Crippen molar-refractivity contribution in [2.45, 2.75) is 52.1 Å². The van der Waals surface area contributed by atoms with E-state index in [9.17, 15) is 0 Å². The number of nitrogens with one attached hydrogen (secondary N) is 1. The number of anilines is 1. The summed E-state index contributed by atoms with van der Waals surface area (Å²) < 4.78 is 0. The SMILES string of the molecule is CCCN(c1ccccc1C(C)NCC)C1CC1. The van der Waals surface area contributed by atoms with Gasteiger partial charge < -0.3 is 10.2 Å². The van der Waals surface area contributed by atoms with E-state index < -0.39 is 0 Å². The van der Waals surface area contributed by atoms with Gasteiger partial charge in [-0.2, -0.15) is 0 Å². The Morgan fingerprint density at radius 2 is 2.00 bits per heavy atom. The predicted molar refractivity (Wildman–Crippen MR) is 79.2 cm³/mol. The number of hydrogen-bond acceptors (Lipinski definition) is 2. The molecule has 0 radical (unpaired) electrons. The zero-order valence-electron chi connectivity index (χ0n) is 11.9. The van der Waals surface area contributed by atoms with Crippen molar-refractivity contribution in [3.8, 4) is 0 Å². The molecule has 1 atom stereocenters. The first kappa shape index (κ1) is 13.4. The monoisotopic (exact) mass is 246 g/mol. The molecule has 0 spiro atoms. The molecule has 1 N–H and O–H groups in total. The van der Waals surface area contributed by atoms with Crippen molar-refractivity contribution >= 4 is 5.69 Å². The largest absolute Gasteiger partial charge is 0.368 e. The molecule has 1 aromatic rings. The van der Waals surface area contributed by atoms with Crippen molar-refractivity contribution in [2.24, 2.45) is 0 Å². The maximum Gasteiger partial charge on any atom is 0.0417 e. The molecule has 0 aromatic heterocycles. The standard InChI is InChI=1S/C16H26N2/c1-4-12-18(14-10-11-14)16-9-7-6-8-15(16)13(3)17-5-2/h6-9,13-14,17H,4-5,10-12H2,1-3H3. The van der Waals surface area contributed by atoms with Crippen LogP contribution in [0.25, 0.3) is 0 Å². The summed E-state index contributed by atoms with van der Waals surface area (Å²) in [6.07, 6.45) is 3.95. The second kappa shape index (κ2) is 6.24. The van der Waals surface area contributed by atoms with E-state index in [2.05, 4.69) is 55.3 Å². The minimum absolute atomic E-state index is 0.435. The summed E-state index contributed by atoms with van der Waals surface area (Å²) in [5.74, 6) is 0. The van der Waals surface area contributed by atoms with Crippen LogP contribution in [0.15, 0.2) is 24.3 Å². The molecule has 18 heavy (non-hydrogen) atoms. The van der Waals surface area contributed by atoms with Gasteiger partial charge in [0.05, 0.1) is 0 Å². The lowest BCUT2D eigenvalue weighted by atomic mass is 10.0. The normalized spacial score (nSPS) is 16.6. The van der Waals surface area contributed by atoms with E-state index >= 15 is 0 Å². The lowest BCUT2D eigenvalue weighted by molar-refractivity contribution is 0.594. The molecule has 2 heteroatoms. The Morgan fingerprint density at radius 3 is 2.61 bits per heavy atom. The lowest BCUT2D eigenvalue weighted by Gasteiger charge is -2.29. The number of rotatable bonds is 7. The second-order valence-corrected chi connectivity index (χ2v) is 5.26. The van der Waals surface area contributed by atoms with Gasteiger partial charge in [0.2, 0.25) is 0 Å². The topological polar surface area (TPSA) is 15.3 Å². The van der Waals surface area contributed by atoms with Crippen molar-refractivity contribution in [1.82, 2.24) is 5.32 Å². The van der Waals surface area contributed by atoms with Crippen LogP contribution < -0.4 is 10.2 Å². The summed E-state index contributed by atoms with van der Waals surface area (Å²) in [6, 6.07) is 10.1. The smallest absolute Gasteiger partial charge is 0.0417 e. The lowest BCUT2D eigenvalue weighted by Crippen LogP contribution is -2.29. The van der Waals surface area contributed by atoms with Crippen LogP contribution in [0, 0.1) is 0 Å². The van der Waals surface area contributed by atoms with Crippen LogP contribution in [0.1, 0.15) is 51.6 Å². The highest BCUT2D eigenvalue weighted by molar-refractivity contribution is 5.56. The zero-order chi connectivity index (χ0) is 13.0. The fraction of sp³-hybridized carbons (Fsp3) is 0.625. The molecule has 2 rings (SSSR count). The molecule has 1 aliphatic rings. The highest BCUT2D eigenvalue weighted by atomic mass is 15.2. The molecular weight excluding hydrogens is 220 g/mol. The second-order valence-electron chi connectivity index (χ2n) is 5.26. The van der Waals surface area contributed by atoms with Crippen LogP contribution in [-0.4, -0.2) is 19.1 Å². The van der Waals surface area contributed by atoms with Crippen LogP contribution in [-0.2, 0) is 0 Å². The van der Waals surface area contributed by atoms with Crippen LogP contribution in [0.4, 0.5) is 5.69 Å². The molecule has 100 valence electrons. The average Bonchev–Trinajstić information content (AvgIpc) is 3.20. The van der Waals surface area contributed by atoms with Gasteiger partial charge in [0, 0.05) is 24.3 Å². The molecule has 1 unspecified atom stereocenters. The Balaban J connectivity index is 2.24. The third-order valence-corrected chi connectivity index (χ3v) is 3.68. The Bertz CT molecular complexity index is 371. The van der Waals surface area contributed by atoms with E-state index in [0.29, 0.717) is 6.04 Å². The molecule has 1 aliphatic carbocycles. The van der Waals surface area contributed by atoms with Crippen LogP contribution in [0.2, 0.25) is 0 Å². The van der Waals surface area contributed by atoms with Gasteiger partial charge in [0.1, 0.15) is 0 Å². The maximum atomic E-state index is 3.53. The quantitative estimate of drug-likeness (QED) is 0.788. The highest BCUT2D eigenvalue weighted by Gasteiger charge is 2.30. The Labute approximate surface area is 111 Å². The molecule has 0 amide bonds. The van der Waals surface area contributed by atoms with Gasteiger partial charge in [0.25, 0.3) is 0 Å². The van der Waals surface area contributed by atoms with Gasteiger partial charge in [0.15, 0.2) is 0 Å². The predicted octanol–water partition coefficient (Wildman–Crippen LogP) is 3.74. The van der Waals surface area contributed by atoms with Gasteiger partial charge in [-0.1, -0.05) is 32.0 Å². The van der Waals surface area contributed by atoms with Crippen molar-refractivity contribution in [3.05, 3.63) is 29.8 Å². The molecule has 1 aromatic carbocycles. The summed E-state index contributed by atoms with van der Waals surface area (Å²) in [7, 11) is 0. The Kier molecular flexibility index (Phi) is 4.65. The molecule has 0 bridgehead atoms. The van der Waals surface area contributed by atoms with Crippen LogP contribution >= 0.6 is 0 Å². The summed E-state index contributed by atoms with van der Waals surface area (Å²) >= 11 is 0. The van der Waals surface area contributed by atoms with Gasteiger partial charge in [-0.3, -0.25) is 0 Å². The Morgan fingerprint density at radius 1 is 1.28 bits per heavy atom. The summed E-state index contributed by atoms with van der Waals surface area (Å²) in [5.41, 5.74) is 2.88. The number of benzene rings is 1. The molecule has 1 fully saturated rings. The first-order valence-corrected chi connectivity index (χ1v) is 7.36. The minimum atomic E-state index is 0.435. The molecule has 0 aliphatic heterocycles. The van der Waals surface area contributed by atoms with Gasteiger partial charge in [-0.15, -0.1) is 0 Å². The zero-order valence-corrected chi connectivity index (χ0v) is 11.9. The third-order valence-electron chi connectivity index (χ3n) is 3.68. The van der Waals surface area contributed by atoms with Crippen LogP contribution in [0.5, 0.6) is 0 Å². The van der Waals surface area contributed by atoms with E-state index in [1.165, 1.54) is 37.1 Å².